The zero-order valence-corrected chi connectivity index (χ0v) is 9.44. The molecule has 0 saturated carbocycles. The maximum atomic E-state index is 13.0. The number of esters is 1. The largest absolute Gasteiger partial charge is 0.459 e. The summed E-state index contributed by atoms with van der Waals surface area (Å²) in [5, 5.41) is 0. The van der Waals surface area contributed by atoms with E-state index in [1.165, 1.54) is 12.3 Å². The molecule has 0 radical (unpaired) electrons. The number of carbonyl (C=O) groups is 1. The van der Waals surface area contributed by atoms with E-state index in [2.05, 4.69) is 4.98 Å². The van der Waals surface area contributed by atoms with E-state index < -0.39 is 17.6 Å². The third kappa shape index (κ3) is 2.37. The van der Waals surface area contributed by atoms with Gasteiger partial charge in [0.15, 0.2) is 17.4 Å². The predicted octanol–water partition coefficient (Wildman–Crippen LogP) is 2.80. The highest BCUT2D eigenvalue weighted by Gasteiger charge is 2.15. The highest BCUT2D eigenvalue weighted by Crippen LogP contribution is 2.22. The molecule has 1 aromatic carbocycles. The number of ether oxygens (including phenoxy) is 1. The Kier molecular flexibility index (Phi) is 3.36. The third-order valence-electron chi connectivity index (χ3n) is 2.16. The number of halogens is 2. The van der Waals surface area contributed by atoms with E-state index >= 15 is 0 Å². The van der Waals surface area contributed by atoms with E-state index in [4.69, 9.17) is 9.15 Å². The maximum Gasteiger partial charge on any atom is 0.394 e. The third-order valence-corrected chi connectivity index (χ3v) is 2.16. The van der Waals surface area contributed by atoms with Crippen LogP contribution in [0.25, 0.3) is 11.3 Å². The standard InChI is InChI=1S/C12H9F2NO3/c1-2-17-12(16)11-15-6-10(18-11)7-3-4-8(13)9(14)5-7/h3-6H,2H2,1H3. The molecule has 18 heavy (non-hydrogen) atoms. The van der Waals surface area contributed by atoms with E-state index in [0.29, 0.717) is 0 Å². The molecule has 0 aliphatic carbocycles. The average Bonchev–Trinajstić information content (AvgIpc) is 2.82. The maximum absolute atomic E-state index is 13.0. The molecule has 0 spiro atoms. The number of benzene rings is 1. The second-order valence-corrected chi connectivity index (χ2v) is 3.38. The molecule has 0 unspecified atom stereocenters. The van der Waals surface area contributed by atoms with Gasteiger partial charge in [0.2, 0.25) is 0 Å². The Bertz CT molecular complexity index is 580. The molecule has 1 aromatic heterocycles. The van der Waals surface area contributed by atoms with Crippen molar-refractivity contribution in [1.82, 2.24) is 4.98 Å². The molecular formula is C12H9F2NO3. The summed E-state index contributed by atoms with van der Waals surface area (Å²) >= 11 is 0. The van der Waals surface area contributed by atoms with Crippen molar-refractivity contribution in [1.29, 1.82) is 0 Å². The van der Waals surface area contributed by atoms with Gasteiger partial charge in [-0.1, -0.05) is 0 Å². The van der Waals surface area contributed by atoms with Gasteiger partial charge in [0.05, 0.1) is 12.8 Å². The van der Waals surface area contributed by atoms with Gasteiger partial charge in [-0.05, 0) is 25.1 Å². The first-order valence-corrected chi connectivity index (χ1v) is 5.20. The minimum atomic E-state index is -0.999. The summed E-state index contributed by atoms with van der Waals surface area (Å²) in [7, 11) is 0. The van der Waals surface area contributed by atoms with Crippen LogP contribution in [0.1, 0.15) is 17.6 Å². The normalized spacial score (nSPS) is 10.4. The lowest BCUT2D eigenvalue weighted by molar-refractivity contribution is 0.0482. The lowest BCUT2D eigenvalue weighted by atomic mass is 10.2. The molecule has 0 N–H and O–H groups in total. The molecule has 0 aliphatic heterocycles. The molecule has 2 aromatic rings. The summed E-state index contributed by atoms with van der Waals surface area (Å²) in [6.07, 6.45) is 1.25. The van der Waals surface area contributed by atoms with E-state index in [0.717, 1.165) is 12.1 Å². The fourth-order valence-electron chi connectivity index (χ4n) is 1.34. The average molecular weight is 253 g/mol. The van der Waals surface area contributed by atoms with Crippen molar-refractivity contribution in [2.75, 3.05) is 6.61 Å². The van der Waals surface area contributed by atoms with Crippen molar-refractivity contribution >= 4 is 5.97 Å². The van der Waals surface area contributed by atoms with Crippen LogP contribution in [0.2, 0.25) is 0 Å². The van der Waals surface area contributed by atoms with Crippen molar-refractivity contribution in [2.45, 2.75) is 6.92 Å². The SMILES string of the molecule is CCOC(=O)c1ncc(-c2ccc(F)c(F)c2)o1. The van der Waals surface area contributed by atoms with Crippen molar-refractivity contribution in [3.05, 3.63) is 41.9 Å². The molecule has 0 aliphatic rings. The van der Waals surface area contributed by atoms with Gasteiger partial charge in [-0.15, -0.1) is 0 Å². The fraction of sp³-hybridized carbons (Fsp3) is 0.167. The second kappa shape index (κ2) is 4.95. The zero-order chi connectivity index (χ0) is 13.1. The van der Waals surface area contributed by atoms with Crippen LogP contribution >= 0.6 is 0 Å². The first kappa shape index (κ1) is 12.2. The van der Waals surface area contributed by atoms with Crippen LogP contribution in [0.5, 0.6) is 0 Å². The van der Waals surface area contributed by atoms with Gasteiger partial charge in [-0.25, -0.2) is 18.6 Å². The molecule has 0 atom stereocenters. The molecular weight excluding hydrogens is 244 g/mol. The number of rotatable bonds is 3. The molecule has 0 bridgehead atoms. The van der Waals surface area contributed by atoms with E-state index in [9.17, 15) is 13.6 Å². The topological polar surface area (TPSA) is 52.3 Å². The van der Waals surface area contributed by atoms with Gasteiger partial charge >= 0.3 is 11.9 Å². The number of hydrogen-bond acceptors (Lipinski definition) is 4. The Morgan fingerprint density at radius 2 is 2.17 bits per heavy atom. The lowest BCUT2D eigenvalue weighted by Gasteiger charge is -1.98. The van der Waals surface area contributed by atoms with E-state index in [1.807, 2.05) is 0 Å². The number of hydrogen-bond donors (Lipinski definition) is 0. The Hall–Kier alpha value is -2.24. The first-order chi connectivity index (χ1) is 8.61. The summed E-state index contributed by atoms with van der Waals surface area (Å²) < 4.78 is 35.6. The minimum Gasteiger partial charge on any atom is -0.459 e. The summed E-state index contributed by atoms with van der Waals surface area (Å²) in [6, 6.07) is 3.26. The molecule has 4 nitrogen and oxygen atoms in total. The summed E-state index contributed by atoms with van der Waals surface area (Å²) in [5.74, 6) is -2.72. The van der Waals surface area contributed by atoms with Crippen LogP contribution in [0, 0.1) is 11.6 Å². The highest BCUT2D eigenvalue weighted by molar-refractivity contribution is 5.84. The number of carbonyl (C=O) groups excluding carboxylic acids is 1. The van der Waals surface area contributed by atoms with Crippen LogP contribution in [-0.4, -0.2) is 17.6 Å². The monoisotopic (exact) mass is 253 g/mol. The Morgan fingerprint density at radius 1 is 1.39 bits per heavy atom. The van der Waals surface area contributed by atoms with Gasteiger partial charge in [0.1, 0.15) is 0 Å². The van der Waals surface area contributed by atoms with Gasteiger partial charge < -0.3 is 9.15 Å². The molecule has 2 rings (SSSR count). The predicted molar refractivity (Wildman–Crippen MR) is 57.8 cm³/mol. The van der Waals surface area contributed by atoms with E-state index in [-0.39, 0.29) is 23.8 Å². The summed E-state index contributed by atoms with van der Waals surface area (Å²) in [4.78, 5) is 15.0. The first-order valence-electron chi connectivity index (χ1n) is 5.20. The summed E-state index contributed by atoms with van der Waals surface area (Å²) in [5.41, 5.74) is 0.289. The Labute approximate surface area is 101 Å². The molecule has 94 valence electrons. The highest BCUT2D eigenvalue weighted by atomic mass is 19.2. The Balaban J connectivity index is 2.29. The van der Waals surface area contributed by atoms with Crippen molar-refractivity contribution in [3.63, 3.8) is 0 Å². The van der Waals surface area contributed by atoms with Crippen molar-refractivity contribution in [3.8, 4) is 11.3 Å². The molecule has 6 heteroatoms. The van der Waals surface area contributed by atoms with Crippen LogP contribution in [0.3, 0.4) is 0 Å². The smallest absolute Gasteiger partial charge is 0.394 e. The number of nitrogens with zero attached hydrogens (tertiary/aromatic N) is 1. The second-order valence-electron chi connectivity index (χ2n) is 3.38. The minimum absolute atomic E-state index is 0.164. The summed E-state index contributed by atoms with van der Waals surface area (Å²) in [6.45, 7) is 1.85. The molecule has 0 saturated heterocycles. The van der Waals surface area contributed by atoms with Gasteiger partial charge in [0.25, 0.3) is 0 Å². The van der Waals surface area contributed by atoms with Gasteiger partial charge in [-0.3, -0.25) is 0 Å². The molecule has 1 heterocycles. The van der Waals surface area contributed by atoms with Crippen LogP contribution < -0.4 is 0 Å². The lowest BCUT2D eigenvalue weighted by Crippen LogP contribution is -2.04. The Morgan fingerprint density at radius 3 is 2.83 bits per heavy atom. The molecule has 0 amide bonds. The number of aromatic nitrogens is 1. The van der Waals surface area contributed by atoms with Crippen LogP contribution in [0.15, 0.2) is 28.8 Å². The van der Waals surface area contributed by atoms with Crippen LogP contribution in [-0.2, 0) is 4.74 Å². The van der Waals surface area contributed by atoms with Crippen molar-refractivity contribution in [2.24, 2.45) is 0 Å². The quantitative estimate of drug-likeness (QED) is 0.789. The molecule has 0 fully saturated rings. The fourth-order valence-corrected chi connectivity index (χ4v) is 1.34. The van der Waals surface area contributed by atoms with Crippen LogP contribution in [0.4, 0.5) is 8.78 Å². The number of oxazole rings is 1. The zero-order valence-electron chi connectivity index (χ0n) is 9.44. The van der Waals surface area contributed by atoms with E-state index in [1.54, 1.807) is 6.92 Å². The van der Waals surface area contributed by atoms with Gasteiger partial charge in [-0.2, -0.15) is 0 Å². The van der Waals surface area contributed by atoms with Crippen molar-refractivity contribution < 1.29 is 22.7 Å². The van der Waals surface area contributed by atoms with Gasteiger partial charge in [0, 0.05) is 5.56 Å².